The summed E-state index contributed by atoms with van der Waals surface area (Å²) in [5.41, 5.74) is 2.78. The summed E-state index contributed by atoms with van der Waals surface area (Å²) in [6.07, 6.45) is 1.79. The highest BCUT2D eigenvalue weighted by Crippen LogP contribution is 2.24. The number of halogens is 3. The van der Waals surface area contributed by atoms with Gasteiger partial charge in [-0.25, -0.2) is 13.1 Å². The third-order valence-electron chi connectivity index (χ3n) is 4.34. The molecular formula is C18H21Cl3N2O2S. The van der Waals surface area contributed by atoms with Gasteiger partial charge < -0.3 is 0 Å². The number of sulfonamides is 1. The van der Waals surface area contributed by atoms with Crippen LogP contribution in [0.4, 0.5) is 0 Å². The van der Waals surface area contributed by atoms with Gasteiger partial charge in [-0.3, -0.25) is 4.90 Å². The Labute approximate surface area is 171 Å². The van der Waals surface area contributed by atoms with E-state index < -0.39 is 10.0 Å². The first-order chi connectivity index (χ1) is 12.0. The van der Waals surface area contributed by atoms with Gasteiger partial charge in [0.2, 0.25) is 10.0 Å². The van der Waals surface area contributed by atoms with Crippen molar-refractivity contribution in [2.24, 2.45) is 0 Å². The van der Waals surface area contributed by atoms with Crippen LogP contribution in [0, 0.1) is 0 Å². The van der Waals surface area contributed by atoms with E-state index in [2.05, 4.69) is 33.9 Å². The lowest BCUT2D eigenvalue weighted by Crippen LogP contribution is -2.33. The minimum Gasteiger partial charge on any atom is -0.299 e. The molecule has 1 aliphatic heterocycles. The van der Waals surface area contributed by atoms with E-state index >= 15 is 0 Å². The van der Waals surface area contributed by atoms with Crippen molar-refractivity contribution >= 4 is 45.6 Å². The summed E-state index contributed by atoms with van der Waals surface area (Å²) in [6.45, 7) is 3.16. The van der Waals surface area contributed by atoms with E-state index in [4.69, 9.17) is 23.2 Å². The highest BCUT2D eigenvalue weighted by Gasteiger charge is 2.18. The fraction of sp³-hybridized carbons (Fsp3) is 0.333. The zero-order valence-electron chi connectivity index (χ0n) is 14.1. The Morgan fingerprint density at radius 2 is 1.81 bits per heavy atom. The zero-order valence-corrected chi connectivity index (χ0v) is 17.3. The van der Waals surface area contributed by atoms with Crippen molar-refractivity contribution in [2.45, 2.75) is 24.3 Å². The molecule has 0 aromatic heterocycles. The molecule has 0 fully saturated rings. The van der Waals surface area contributed by atoms with Gasteiger partial charge in [-0.2, -0.15) is 0 Å². The molecule has 0 atom stereocenters. The highest BCUT2D eigenvalue weighted by atomic mass is 35.5. The third kappa shape index (κ3) is 5.35. The summed E-state index contributed by atoms with van der Waals surface area (Å²) >= 11 is 11.8. The van der Waals surface area contributed by atoms with Crippen molar-refractivity contribution in [3.63, 3.8) is 0 Å². The van der Waals surface area contributed by atoms with Gasteiger partial charge >= 0.3 is 0 Å². The molecule has 4 nitrogen and oxygen atoms in total. The second-order valence-electron chi connectivity index (χ2n) is 6.12. The molecular weight excluding hydrogens is 415 g/mol. The van der Waals surface area contributed by atoms with Gasteiger partial charge in [-0.1, -0.05) is 47.5 Å². The largest absolute Gasteiger partial charge is 0.299 e. The summed E-state index contributed by atoms with van der Waals surface area (Å²) < 4.78 is 27.3. The fourth-order valence-electron chi connectivity index (χ4n) is 3.03. The monoisotopic (exact) mass is 434 g/mol. The molecule has 2 aromatic carbocycles. The predicted octanol–water partition coefficient (Wildman–Crippen LogP) is 4.14. The number of rotatable bonds is 6. The molecule has 0 unspecified atom stereocenters. The number of hydrogen-bond acceptors (Lipinski definition) is 3. The van der Waals surface area contributed by atoms with E-state index in [1.165, 1.54) is 29.3 Å². The van der Waals surface area contributed by atoms with Crippen molar-refractivity contribution in [1.29, 1.82) is 0 Å². The topological polar surface area (TPSA) is 49.4 Å². The van der Waals surface area contributed by atoms with Crippen LogP contribution in [0.5, 0.6) is 0 Å². The van der Waals surface area contributed by atoms with Gasteiger partial charge in [0.1, 0.15) is 4.90 Å². The van der Waals surface area contributed by atoms with Crippen LogP contribution in [0.3, 0.4) is 0 Å². The maximum Gasteiger partial charge on any atom is 0.242 e. The molecule has 0 spiro atoms. The maximum atomic E-state index is 12.3. The standard InChI is InChI=1S/C18H20Cl2N2O2S.ClH/c19-16-6-7-18(17(20)12-16)25(23,24)21-9-3-10-22-11-8-14-4-1-2-5-15(14)13-22;/h1-2,4-7,12,21H,3,8-11,13H2;1H. The van der Waals surface area contributed by atoms with Crippen LogP contribution in [0.2, 0.25) is 10.0 Å². The Bertz CT molecular complexity index is 859. The first-order valence-corrected chi connectivity index (χ1v) is 10.4. The Morgan fingerprint density at radius 1 is 1.08 bits per heavy atom. The van der Waals surface area contributed by atoms with Gasteiger partial charge in [0, 0.05) is 24.7 Å². The molecule has 0 amide bonds. The fourth-order valence-corrected chi connectivity index (χ4v) is 4.87. The highest BCUT2D eigenvalue weighted by molar-refractivity contribution is 7.89. The number of benzene rings is 2. The second-order valence-corrected chi connectivity index (χ2v) is 8.70. The molecule has 0 bridgehead atoms. The van der Waals surface area contributed by atoms with E-state index in [0.29, 0.717) is 11.6 Å². The van der Waals surface area contributed by atoms with E-state index in [9.17, 15) is 8.42 Å². The van der Waals surface area contributed by atoms with E-state index in [1.54, 1.807) is 0 Å². The molecule has 1 aliphatic rings. The molecule has 0 saturated heterocycles. The molecule has 8 heteroatoms. The van der Waals surface area contributed by atoms with E-state index in [0.717, 1.165) is 32.5 Å². The third-order valence-corrected chi connectivity index (χ3v) is 6.52. The van der Waals surface area contributed by atoms with Gasteiger partial charge in [-0.15, -0.1) is 12.4 Å². The lowest BCUT2D eigenvalue weighted by atomic mass is 10.00. The van der Waals surface area contributed by atoms with E-state index in [-0.39, 0.29) is 22.3 Å². The smallest absolute Gasteiger partial charge is 0.242 e. The molecule has 1 N–H and O–H groups in total. The molecule has 26 heavy (non-hydrogen) atoms. The van der Waals surface area contributed by atoms with Crippen LogP contribution in [0.25, 0.3) is 0 Å². The minimum atomic E-state index is -3.62. The Balaban J connectivity index is 0.00000243. The summed E-state index contributed by atoms with van der Waals surface area (Å²) in [4.78, 5) is 2.41. The summed E-state index contributed by atoms with van der Waals surface area (Å²) in [5.74, 6) is 0. The van der Waals surface area contributed by atoms with Crippen LogP contribution in [0.1, 0.15) is 17.5 Å². The maximum absolute atomic E-state index is 12.3. The lowest BCUT2D eigenvalue weighted by molar-refractivity contribution is 0.251. The predicted molar refractivity (Wildman–Crippen MR) is 109 cm³/mol. The van der Waals surface area contributed by atoms with Crippen molar-refractivity contribution in [3.8, 4) is 0 Å². The van der Waals surface area contributed by atoms with Crippen molar-refractivity contribution in [1.82, 2.24) is 9.62 Å². The normalized spacial score (nSPS) is 14.5. The van der Waals surface area contributed by atoms with Crippen LogP contribution in [-0.2, 0) is 23.0 Å². The summed E-state index contributed by atoms with van der Waals surface area (Å²) in [7, 11) is -3.62. The number of nitrogens with zero attached hydrogens (tertiary/aromatic N) is 1. The van der Waals surface area contributed by atoms with Gasteiger partial charge in [0.25, 0.3) is 0 Å². The lowest BCUT2D eigenvalue weighted by Gasteiger charge is -2.28. The quantitative estimate of drug-likeness (QED) is 0.694. The second kappa shape index (κ2) is 9.40. The Kier molecular flexibility index (Phi) is 7.76. The van der Waals surface area contributed by atoms with Gasteiger partial charge in [0.15, 0.2) is 0 Å². The molecule has 142 valence electrons. The molecule has 0 saturated carbocycles. The number of hydrogen-bond donors (Lipinski definition) is 1. The average molecular weight is 436 g/mol. The van der Waals surface area contributed by atoms with Crippen molar-refractivity contribution in [2.75, 3.05) is 19.6 Å². The SMILES string of the molecule is Cl.O=S(=O)(NCCCN1CCc2ccccc2C1)c1ccc(Cl)cc1Cl. The Hall–Kier alpha value is -0.820. The number of nitrogens with one attached hydrogen (secondary N) is 1. The first kappa shape index (κ1) is 21.5. The Morgan fingerprint density at radius 3 is 2.54 bits per heavy atom. The molecule has 3 rings (SSSR count). The van der Waals surface area contributed by atoms with E-state index in [1.807, 2.05) is 0 Å². The molecule has 0 radical (unpaired) electrons. The van der Waals surface area contributed by atoms with Crippen LogP contribution in [0.15, 0.2) is 47.4 Å². The van der Waals surface area contributed by atoms with Crippen molar-refractivity contribution in [3.05, 3.63) is 63.6 Å². The molecule has 0 aliphatic carbocycles. The van der Waals surface area contributed by atoms with Crippen LogP contribution >= 0.6 is 35.6 Å². The average Bonchev–Trinajstić information content (AvgIpc) is 2.58. The zero-order chi connectivity index (χ0) is 17.9. The molecule has 2 aromatic rings. The summed E-state index contributed by atoms with van der Waals surface area (Å²) in [6, 6.07) is 12.9. The van der Waals surface area contributed by atoms with Crippen LogP contribution in [-0.4, -0.2) is 33.0 Å². The number of fused-ring (bicyclic) bond motifs is 1. The first-order valence-electron chi connectivity index (χ1n) is 8.19. The minimum absolute atomic E-state index is 0. The van der Waals surface area contributed by atoms with Crippen LogP contribution < -0.4 is 4.72 Å². The van der Waals surface area contributed by atoms with Gasteiger partial charge in [-0.05, 0) is 48.7 Å². The van der Waals surface area contributed by atoms with Gasteiger partial charge in [0.05, 0.1) is 5.02 Å². The molecule has 1 heterocycles. The van der Waals surface area contributed by atoms with Crippen molar-refractivity contribution < 1.29 is 8.42 Å². The summed E-state index contributed by atoms with van der Waals surface area (Å²) in [5, 5.41) is 0.543.